The summed E-state index contributed by atoms with van der Waals surface area (Å²) >= 11 is 0. The van der Waals surface area contributed by atoms with Crippen LogP contribution in [0, 0.1) is 11.6 Å². The highest BCUT2D eigenvalue weighted by Gasteiger charge is 2.31. The number of hydrogen-bond donors (Lipinski definition) is 2. The summed E-state index contributed by atoms with van der Waals surface area (Å²) in [6.07, 6.45) is 4.12. The van der Waals surface area contributed by atoms with Crippen LogP contribution in [0.2, 0.25) is 0 Å². The predicted octanol–water partition coefficient (Wildman–Crippen LogP) is 3.34. The van der Waals surface area contributed by atoms with Crippen molar-refractivity contribution in [1.82, 2.24) is 15.0 Å². The minimum absolute atomic E-state index is 0.0299. The van der Waals surface area contributed by atoms with Gasteiger partial charge in [0.15, 0.2) is 17.4 Å². The van der Waals surface area contributed by atoms with Gasteiger partial charge in [0.05, 0.1) is 48.9 Å². The summed E-state index contributed by atoms with van der Waals surface area (Å²) in [4.78, 5) is 17.2. The van der Waals surface area contributed by atoms with E-state index in [0.717, 1.165) is 11.9 Å². The molecule has 0 saturated carbocycles. The normalized spacial score (nSPS) is 17.1. The van der Waals surface area contributed by atoms with Crippen LogP contribution in [0.25, 0.3) is 11.3 Å². The van der Waals surface area contributed by atoms with Gasteiger partial charge in [0.2, 0.25) is 0 Å². The number of halogens is 2. The molecule has 1 fully saturated rings. The number of ether oxygens (including phenoxy) is 1. The van der Waals surface area contributed by atoms with Crippen molar-refractivity contribution in [2.75, 3.05) is 42.6 Å². The molecule has 2 N–H and O–H groups in total. The molecule has 0 spiro atoms. The van der Waals surface area contributed by atoms with Gasteiger partial charge >= 0.3 is 0 Å². The third-order valence-electron chi connectivity index (χ3n) is 7.10. The second-order valence-corrected chi connectivity index (χ2v) is 9.98. The van der Waals surface area contributed by atoms with E-state index < -0.39 is 17.2 Å². The standard InChI is InChI=1S/C27H31F2N5O3/c1-17(2)34-9-10-37-26-21(28)11-18(12-23(26)34)25-22(29)15-31-24(32-25)13-19-3-4-20(14-30-19)33-7-5-27(36,16-35)6-8-33/h3-4,11-12,14-15,17,35-36H,5-10,13,16H2,1-2H3. The van der Waals surface area contributed by atoms with Crippen LogP contribution in [0.15, 0.2) is 36.7 Å². The minimum Gasteiger partial charge on any atom is -0.486 e. The van der Waals surface area contributed by atoms with Crippen LogP contribution in [-0.2, 0) is 6.42 Å². The fourth-order valence-electron chi connectivity index (χ4n) is 4.88. The molecule has 2 aliphatic rings. The molecular weight excluding hydrogens is 480 g/mol. The Morgan fingerprint density at radius 1 is 1.05 bits per heavy atom. The van der Waals surface area contributed by atoms with Crippen molar-refractivity contribution >= 4 is 11.4 Å². The van der Waals surface area contributed by atoms with Crippen molar-refractivity contribution in [2.45, 2.75) is 44.8 Å². The first-order valence-electron chi connectivity index (χ1n) is 12.5. The number of aromatic nitrogens is 3. The lowest BCUT2D eigenvalue weighted by Gasteiger charge is -2.38. The summed E-state index contributed by atoms with van der Waals surface area (Å²) in [5.41, 5.74) is 1.56. The topological polar surface area (TPSA) is 94.8 Å². The van der Waals surface area contributed by atoms with E-state index >= 15 is 0 Å². The lowest BCUT2D eigenvalue weighted by atomic mass is 9.92. The Morgan fingerprint density at radius 3 is 2.51 bits per heavy atom. The maximum absolute atomic E-state index is 14.9. The lowest BCUT2D eigenvalue weighted by molar-refractivity contribution is -0.0325. The molecule has 0 aliphatic carbocycles. The average Bonchev–Trinajstić information content (AvgIpc) is 2.90. The molecule has 3 aromatic rings. The van der Waals surface area contributed by atoms with E-state index in [1.807, 2.05) is 30.9 Å². The van der Waals surface area contributed by atoms with E-state index in [0.29, 0.717) is 61.9 Å². The number of aliphatic hydroxyl groups is 2. The first kappa shape index (κ1) is 25.3. The number of piperidine rings is 1. The third-order valence-corrected chi connectivity index (χ3v) is 7.10. The zero-order valence-electron chi connectivity index (χ0n) is 21.0. The molecule has 0 atom stereocenters. The second-order valence-electron chi connectivity index (χ2n) is 9.98. The molecule has 37 heavy (non-hydrogen) atoms. The molecule has 2 aliphatic heterocycles. The lowest BCUT2D eigenvalue weighted by Crippen LogP contribution is -2.46. The van der Waals surface area contributed by atoms with E-state index in [1.54, 1.807) is 12.3 Å². The van der Waals surface area contributed by atoms with Crippen molar-refractivity contribution in [3.05, 3.63) is 59.8 Å². The molecule has 4 heterocycles. The van der Waals surface area contributed by atoms with Crippen LogP contribution in [0.3, 0.4) is 0 Å². The van der Waals surface area contributed by atoms with Crippen molar-refractivity contribution in [2.24, 2.45) is 0 Å². The van der Waals surface area contributed by atoms with Gasteiger partial charge in [0, 0.05) is 30.4 Å². The second kappa shape index (κ2) is 10.2. The molecule has 196 valence electrons. The molecule has 0 radical (unpaired) electrons. The fraction of sp³-hybridized carbons (Fsp3) is 0.444. The predicted molar refractivity (Wildman–Crippen MR) is 136 cm³/mol. The average molecular weight is 512 g/mol. The molecule has 0 amide bonds. The number of benzene rings is 1. The Hall–Kier alpha value is -3.37. The van der Waals surface area contributed by atoms with E-state index in [4.69, 9.17) is 4.74 Å². The third kappa shape index (κ3) is 5.21. The van der Waals surface area contributed by atoms with Gasteiger partial charge in [0.1, 0.15) is 18.1 Å². The van der Waals surface area contributed by atoms with Crippen LogP contribution in [0.1, 0.15) is 38.2 Å². The number of rotatable bonds is 6. The Kier molecular flexibility index (Phi) is 6.96. The van der Waals surface area contributed by atoms with Crippen molar-refractivity contribution in [3.8, 4) is 17.0 Å². The largest absolute Gasteiger partial charge is 0.486 e. The molecule has 0 unspecified atom stereocenters. The number of anilines is 2. The fourth-order valence-corrected chi connectivity index (χ4v) is 4.88. The van der Waals surface area contributed by atoms with Crippen molar-refractivity contribution < 1.29 is 23.7 Å². The maximum atomic E-state index is 14.9. The van der Waals surface area contributed by atoms with Gasteiger partial charge in [-0.05, 0) is 51.0 Å². The molecule has 8 nitrogen and oxygen atoms in total. The molecule has 1 saturated heterocycles. The molecular formula is C27H31F2N5O3. The number of aliphatic hydroxyl groups excluding tert-OH is 1. The summed E-state index contributed by atoms with van der Waals surface area (Å²) in [5, 5.41) is 19.6. The number of pyridine rings is 1. The van der Waals surface area contributed by atoms with E-state index in [2.05, 4.69) is 19.9 Å². The van der Waals surface area contributed by atoms with Gasteiger partial charge in [-0.25, -0.2) is 18.7 Å². The van der Waals surface area contributed by atoms with Gasteiger partial charge in [0.25, 0.3) is 0 Å². The highest BCUT2D eigenvalue weighted by molar-refractivity contribution is 5.72. The first-order chi connectivity index (χ1) is 17.8. The smallest absolute Gasteiger partial charge is 0.178 e. The zero-order valence-corrected chi connectivity index (χ0v) is 21.0. The Balaban J connectivity index is 1.35. The van der Waals surface area contributed by atoms with Crippen LogP contribution in [0.4, 0.5) is 20.2 Å². The van der Waals surface area contributed by atoms with Gasteiger partial charge < -0.3 is 24.7 Å². The Morgan fingerprint density at radius 2 is 1.84 bits per heavy atom. The highest BCUT2D eigenvalue weighted by atomic mass is 19.1. The number of hydrogen-bond acceptors (Lipinski definition) is 8. The number of nitrogens with zero attached hydrogens (tertiary/aromatic N) is 5. The van der Waals surface area contributed by atoms with Crippen LogP contribution in [-0.4, -0.2) is 69.7 Å². The van der Waals surface area contributed by atoms with E-state index in [9.17, 15) is 19.0 Å². The summed E-state index contributed by atoms with van der Waals surface area (Å²) in [6, 6.07) is 6.90. The Bertz CT molecular complexity index is 1260. The summed E-state index contributed by atoms with van der Waals surface area (Å²) in [5.74, 6) is -0.632. The van der Waals surface area contributed by atoms with Crippen LogP contribution >= 0.6 is 0 Å². The quantitative estimate of drug-likeness (QED) is 0.521. The van der Waals surface area contributed by atoms with Crippen molar-refractivity contribution in [3.63, 3.8) is 0 Å². The summed E-state index contributed by atoms with van der Waals surface area (Å²) in [6.45, 7) is 6.05. The SMILES string of the molecule is CC(C)N1CCOc2c(F)cc(-c3nc(Cc4ccc(N5CCC(O)(CO)CC5)cn4)ncc3F)cc21. The van der Waals surface area contributed by atoms with E-state index in [-0.39, 0.29) is 30.5 Å². The van der Waals surface area contributed by atoms with Crippen molar-refractivity contribution in [1.29, 1.82) is 0 Å². The minimum atomic E-state index is -1.01. The summed E-state index contributed by atoms with van der Waals surface area (Å²) < 4.78 is 35.3. The zero-order chi connectivity index (χ0) is 26.2. The molecule has 10 heteroatoms. The molecule has 1 aromatic carbocycles. The Labute approximate surface area is 214 Å². The van der Waals surface area contributed by atoms with Gasteiger partial charge in [-0.15, -0.1) is 0 Å². The highest BCUT2D eigenvalue weighted by Crippen LogP contribution is 2.39. The van der Waals surface area contributed by atoms with Crippen LogP contribution < -0.4 is 14.5 Å². The maximum Gasteiger partial charge on any atom is 0.178 e. The van der Waals surface area contributed by atoms with E-state index in [1.165, 1.54) is 6.07 Å². The van der Waals surface area contributed by atoms with Gasteiger partial charge in [-0.1, -0.05) is 0 Å². The molecule has 0 bridgehead atoms. The number of fused-ring (bicyclic) bond motifs is 1. The monoisotopic (exact) mass is 511 g/mol. The summed E-state index contributed by atoms with van der Waals surface area (Å²) in [7, 11) is 0. The first-order valence-corrected chi connectivity index (χ1v) is 12.5. The van der Waals surface area contributed by atoms with Gasteiger partial charge in [-0.3, -0.25) is 4.98 Å². The molecule has 2 aromatic heterocycles. The van der Waals surface area contributed by atoms with Gasteiger partial charge in [-0.2, -0.15) is 0 Å². The van der Waals surface area contributed by atoms with Crippen LogP contribution in [0.5, 0.6) is 5.75 Å². The molecule has 5 rings (SSSR count).